The summed E-state index contributed by atoms with van der Waals surface area (Å²) in [4.78, 5) is 10.7. The third-order valence-corrected chi connectivity index (χ3v) is 2.90. The summed E-state index contributed by atoms with van der Waals surface area (Å²) < 4.78 is 7.70. The van der Waals surface area contributed by atoms with Crippen molar-refractivity contribution in [3.63, 3.8) is 0 Å². The average molecular weight is 332 g/mol. The maximum atomic E-state index is 10.7. The predicted octanol–water partition coefficient (Wildman–Crippen LogP) is 3.03. The largest absolute Gasteiger partial charge is 0.476 e. The molecule has 1 N–H and O–H groups in total. The number of benzene rings is 1. The molecule has 1 aromatic carbocycles. The number of carboxylic acid groups (broad SMARTS) is 1. The molecule has 94 valence electrons. The van der Waals surface area contributed by atoms with Crippen LogP contribution in [-0.2, 0) is 6.73 Å². The Labute approximate surface area is 116 Å². The van der Waals surface area contributed by atoms with Gasteiger partial charge in [0.05, 0.1) is 5.02 Å². The molecule has 0 fully saturated rings. The van der Waals surface area contributed by atoms with Crippen LogP contribution in [-0.4, -0.2) is 20.9 Å². The molecule has 2 rings (SSSR count). The number of nitrogens with zero attached hydrogens (tertiary/aromatic N) is 2. The van der Waals surface area contributed by atoms with Gasteiger partial charge in [-0.3, -0.25) is 0 Å². The van der Waals surface area contributed by atoms with Crippen LogP contribution in [0.1, 0.15) is 10.5 Å². The van der Waals surface area contributed by atoms with Crippen LogP contribution in [0, 0.1) is 0 Å². The van der Waals surface area contributed by atoms with Gasteiger partial charge in [-0.05, 0) is 24.3 Å². The standard InChI is InChI=1S/C11H8BrClN2O3/c12-7-1-3-8(4-2-7)18-6-15-5-9(13)10(14-15)11(16)17/h1-5H,6H2,(H,16,17). The number of halogens is 2. The average Bonchev–Trinajstić information content (AvgIpc) is 2.70. The van der Waals surface area contributed by atoms with Crippen molar-refractivity contribution < 1.29 is 14.6 Å². The zero-order valence-corrected chi connectivity index (χ0v) is 11.3. The van der Waals surface area contributed by atoms with Crippen LogP contribution in [0.15, 0.2) is 34.9 Å². The van der Waals surface area contributed by atoms with Crippen LogP contribution in [0.2, 0.25) is 5.02 Å². The molecule has 0 aliphatic heterocycles. The molecular weight excluding hydrogens is 323 g/mol. The van der Waals surface area contributed by atoms with E-state index < -0.39 is 5.97 Å². The molecule has 1 aromatic heterocycles. The quantitative estimate of drug-likeness (QED) is 0.935. The summed E-state index contributed by atoms with van der Waals surface area (Å²) in [5, 5.41) is 12.7. The highest BCUT2D eigenvalue weighted by Crippen LogP contribution is 2.17. The van der Waals surface area contributed by atoms with Crippen molar-refractivity contribution in [1.29, 1.82) is 0 Å². The summed E-state index contributed by atoms with van der Waals surface area (Å²) in [5.74, 6) is -0.510. The van der Waals surface area contributed by atoms with Gasteiger partial charge in [0, 0.05) is 10.7 Å². The van der Waals surface area contributed by atoms with Crippen molar-refractivity contribution in [3.8, 4) is 5.75 Å². The Bertz CT molecular complexity index is 568. The number of hydrogen-bond acceptors (Lipinski definition) is 3. The summed E-state index contributed by atoms with van der Waals surface area (Å²) in [7, 11) is 0. The van der Waals surface area contributed by atoms with Gasteiger partial charge in [0.2, 0.25) is 0 Å². The van der Waals surface area contributed by atoms with Gasteiger partial charge < -0.3 is 9.84 Å². The van der Waals surface area contributed by atoms with Crippen LogP contribution in [0.5, 0.6) is 5.75 Å². The highest BCUT2D eigenvalue weighted by molar-refractivity contribution is 9.10. The van der Waals surface area contributed by atoms with Crippen molar-refractivity contribution in [2.24, 2.45) is 0 Å². The Morgan fingerprint density at radius 3 is 2.67 bits per heavy atom. The highest BCUT2D eigenvalue weighted by atomic mass is 79.9. The van der Waals surface area contributed by atoms with E-state index in [1.165, 1.54) is 10.9 Å². The molecule has 0 aliphatic carbocycles. The summed E-state index contributed by atoms with van der Waals surface area (Å²) in [6, 6.07) is 7.25. The number of aromatic carboxylic acids is 1. The second-order valence-electron chi connectivity index (χ2n) is 3.40. The Morgan fingerprint density at radius 1 is 1.44 bits per heavy atom. The normalized spacial score (nSPS) is 10.3. The molecule has 7 heteroatoms. The predicted molar refractivity (Wildman–Crippen MR) is 69.0 cm³/mol. The van der Waals surface area contributed by atoms with E-state index in [-0.39, 0.29) is 17.4 Å². The smallest absolute Gasteiger partial charge is 0.357 e. The first kappa shape index (κ1) is 12.9. The molecule has 0 saturated heterocycles. The molecule has 0 amide bonds. The Morgan fingerprint density at radius 2 is 2.11 bits per heavy atom. The molecule has 0 atom stereocenters. The second kappa shape index (κ2) is 5.41. The molecule has 5 nitrogen and oxygen atoms in total. The first-order valence-corrected chi connectivity index (χ1v) is 6.08. The summed E-state index contributed by atoms with van der Waals surface area (Å²) in [5.41, 5.74) is -0.184. The van der Waals surface area contributed by atoms with Crippen molar-refractivity contribution in [2.75, 3.05) is 0 Å². The van der Waals surface area contributed by atoms with Crippen molar-refractivity contribution in [2.45, 2.75) is 6.73 Å². The van der Waals surface area contributed by atoms with E-state index >= 15 is 0 Å². The van der Waals surface area contributed by atoms with E-state index in [9.17, 15) is 4.79 Å². The molecule has 0 saturated carbocycles. The van der Waals surface area contributed by atoms with Crippen LogP contribution in [0.4, 0.5) is 0 Å². The topological polar surface area (TPSA) is 64.3 Å². The van der Waals surface area contributed by atoms with Gasteiger partial charge in [0.1, 0.15) is 5.75 Å². The van der Waals surface area contributed by atoms with Crippen molar-refractivity contribution in [3.05, 3.63) is 45.7 Å². The molecular formula is C11H8BrClN2O3. The lowest BCUT2D eigenvalue weighted by atomic mass is 10.3. The molecule has 0 radical (unpaired) electrons. The summed E-state index contributed by atoms with van der Waals surface area (Å²) in [6.45, 7) is 0.0919. The molecule has 2 aromatic rings. The van der Waals surface area contributed by atoms with Gasteiger partial charge in [0.15, 0.2) is 12.4 Å². The minimum absolute atomic E-state index is 0.0851. The Kier molecular flexibility index (Phi) is 3.88. The summed E-state index contributed by atoms with van der Waals surface area (Å²) in [6.07, 6.45) is 1.41. The number of hydrogen-bond donors (Lipinski definition) is 1. The van der Waals surface area contributed by atoms with Gasteiger partial charge in [-0.15, -0.1) is 0 Å². The van der Waals surface area contributed by atoms with Crippen molar-refractivity contribution >= 4 is 33.5 Å². The fourth-order valence-corrected chi connectivity index (χ4v) is 1.78. The van der Waals surface area contributed by atoms with Gasteiger partial charge in [0.25, 0.3) is 0 Å². The SMILES string of the molecule is O=C(O)c1nn(COc2ccc(Br)cc2)cc1Cl. The minimum atomic E-state index is -1.16. The van der Waals surface area contributed by atoms with Gasteiger partial charge in [-0.1, -0.05) is 27.5 Å². The zero-order chi connectivity index (χ0) is 13.1. The number of rotatable bonds is 4. The van der Waals surface area contributed by atoms with Crippen LogP contribution < -0.4 is 4.74 Å². The van der Waals surface area contributed by atoms with Crippen LogP contribution in [0.25, 0.3) is 0 Å². The maximum absolute atomic E-state index is 10.7. The first-order chi connectivity index (χ1) is 8.56. The molecule has 0 spiro atoms. The zero-order valence-electron chi connectivity index (χ0n) is 9.01. The fraction of sp³-hybridized carbons (Fsp3) is 0.0909. The minimum Gasteiger partial charge on any atom is -0.476 e. The lowest BCUT2D eigenvalue weighted by Gasteiger charge is -2.05. The van der Waals surface area contributed by atoms with E-state index in [2.05, 4.69) is 21.0 Å². The van der Waals surface area contributed by atoms with Gasteiger partial charge >= 0.3 is 5.97 Å². The van der Waals surface area contributed by atoms with E-state index in [0.29, 0.717) is 5.75 Å². The summed E-state index contributed by atoms with van der Waals surface area (Å²) >= 11 is 9.03. The fourth-order valence-electron chi connectivity index (χ4n) is 1.28. The Hall–Kier alpha value is -1.53. The monoisotopic (exact) mass is 330 g/mol. The number of ether oxygens (including phenoxy) is 1. The highest BCUT2D eigenvalue weighted by Gasteiger charge is 2.13. The van der Waals surface area contributed by atoms with Gasteiger partial charge in [-0.2, -0.15) is 5.10 Å². The third kappa shape index (κ3) is 3.02. The van der Waals surface area contributed by atoms with E-state index in [0.717, 1.165) is 4.47 Å². The maximum Gasteiger partial charge on any atom is 0.357 e. The second-order valence-corrected chi connectivity index (χ2v) is 4.72. The number of aromatic nitrogens is 2. The van der Waals surface area contributed by atoms with E-state index in [4.69, 9.17) is 21.4 Å². The molecule has 18 heavy (non-hydrogen) atoms. The van der Waals surface area contributed by atoms with Gasteiger partial charge in [-0.25, -0.2) is 9.48 Å². The first-order valence-electron chi connectivity index (χ1n) is 4.91. The third-order valence-electron chi connectivity index (χ3n) is 2.10. The molecule has 1 heterocycles. The molecule has 0 unspecified atom stereocenters. The van der Waals surface area contributed by atoms with E-state index in [1.54, 1.807) is 12.1 Å². The lowest BCUT2D eigenvalue weighted by molar-refractivity contribution is 0.0688. The lowest BCUT2D eigenvalue weighted by Crippen LogP contribution is -2.07. The van der Waals surface area contributed by atoms with Crippen molar-refractivity contribution in [1.82, 2.24) is 9.78 Å². The Balaban J connectivity index is 2.04. The van der Waals surface area contributed by atoms with Crippen LogP contribution in [0.3, 0.4) is 0 Å². The molecule has 0 bridgehead atoms. The molecule has 0 aliphatic rings. The van der Waals surface area contributed by atoms with Crippen LogP contribution >= 0.6 is 27.5 Å². The number of carboxylic acids is 1. The number of carbonyl (C=O) groups is 1. The van der Waals surface area contributed by atoms with E-state index in [1.807, 2.05) is 12.1 Å².